The zero-order chi connectivity index (χ0) is 22.5. The van der Waals surface area contributed by atoms with E-state index in [1.807, 2.05) is 26.0 Å². The lowest BCUT2D eigenvalue weighted by molar-refractivity contribution is 0.427. The fraction of sp³-hybridized carbons (Fsp3) is 0.318. The maximum absolute atomic E-state index is 9.78. The number of rotatable bonds is 6. The molecule has 0 spiro atoms. The van der Waals surface area contributed by atoms with E-state index in [0.29, 0.717) is 34.5 Å². The summed E-state index contributed by atoms with van der Waals surface area (Å²) in [6, 6.07) is 5.76. The number of pyridine rings is 1. The first kappa shape index (κ1) is 21.1. The van der Waals surface area contributed by atoms with Gasteiger partial charge in [-0.2, -0.15) is 19.7 Å². The Kier molecular flexibility index (Phi) is 6.17. The maximum atomic E-state index is 9.78. The van der Waals surface area contributed by atoms with Crippen molar-refractivity contribution >= 4 is 23.4 Å². The molecule has 32 heavy (non-hydrogen) atoms. The predicted molar refractivity (Wildman–Crippen MR) is 122 cm³/mol. The molecular formula is C22H25N9O. The molecule has 0 unspecified atom stereocenters. The zero-order valence-corrected chi connectivity index (χ0v) is 18.1. The molecule has 0 saturated carbocycles. The Morgan fingerprint density at radius 1 is 1.16 bits per heavy atom. The van der Waals surface area contributed by atoms with E-state index in [-0.39, 0.29) is 5.95 Å². The number of nitrogens with one attached hydrogen (secondary N) is 1. The van der Waals surface area contributed by atoms with Crippen molar-refractivity contribution in [1.29, 1.82) is 5.26 Å². The van der Waals surface area contributed by atoms with Crippen molar-refractivity contribution in [3.8, 4) is 11.8 Å². The van der Waals surface area contributed by atoms with E-state index in [1.54, 1.807) is 24.5 Å². The molecule has 1 aliphatic heterocycles. The first-order chi connectivity index (χ1) is 15.5. The van der Waals surface area contributed by atoms with Crippen LogP contribution in [0.2, 0.25) is 0 Å². The van der Waals surface area contributed by atoms with Gasteiger partial charge >= 0.3 is 0 Å². The predicted octanol–water partition coefficient (Wildman–Crippen LogP) is 3.26. The van der Waals surface area contributed by atoms with Gasteiger partial charge in [-0.15, -0.1) is 5.10 Å². The lowest BCUT2D eigenvalue weighted by atomic mass is 10.1. The number of hydrogen-bond donors (Lipinski definition) is 2. The number of ether oxygens (including phenoxy) is 1. The lowest BCUT2D eigenvalue weighted by Gasteiger charge is -2.26. The standard InChI is InChI=1S/C22H25N9O/c1-15(6-7-16(2)32-17-8-10-25-11-9-17)26-19-18(14-23)20-27-22(28-21(24)31(20)29-19)30-12-4-3-5-13-30/h6-11H,3-5,12-13H2,1-2H3,(H,26,29)(H2,24,27,28)/b15-6+,16-7+. The normalized spacial score (nSPS) is 15.0. The van der Waals surface area contributed by atoms with Gasteiger partial charge < -0.3 is 20.7 Å². The summed E-state index contributed by atoms with van der Waals surface area (Å²) in [5.74, 6) is 2.52. The molecule has 3 aromatic heterocycles. The Bertz CT molecular complexity index is 1200. The summed E-state index contributed by atoms with van der Waals surface area (Å²) >= 11 is 0. The molecular weight excluding hydrogens is 406 g/mol. The Morgan fingerprint density at radius 2 is 1.91 bits per heavy atom. The van der Waals surface area contributed by atoms with Crippen molar-refractivity contribution in [2.75, 3.05) is 29.0 Å². The number of hydrogen-bond acceptors (Lipinski definition) is 9. The van der Waals surface area contributed by atoms with Crippen LogP contribution in [0, 0.1) is 11.3 Å². The van der Waals surface area contributed by atoms with Crippen molar-refractivity contribution in [2.24, 2.45) is 0 Å². The SMILES string of the molecule is C/C(=C\C=C(/C)Oc1ccncc1)Nc1nn2c(N)nc(N3CCCCC3)nc2c1C#N. The quantitative estimate of drug-likeness (QED) is 0.446. The Labute approximate surface area is 186 Å². The molecule has 0 amide bonds. The van der Waals surface area contributed by atoms with E-state index in [1.165, 1.54) is 10.9 Å². The van der Waals surface area contributed by atoms with E-state index < -0.39 is 0 Å². The number of fused-ring (bicyclic) bond motifs is 1. The molecule has 1 saturated heterocycles. The fourth-order valence-electron chi connectivity index (χ4n) is 3.46. The summed E-state index contributed by atoms with van der Waals surface area (Å²) in [4.78, 5) is 15.1. The monoisotopic (exact) mass is 431 g/mol. The summed E-state index contributed by atoms with van der Waals surface area (Å²) < 4.78 is 7.13. The third kappa shape index (κ3) is 4.62. The van der Waals surface area contributed by atoms with E-state index in [0.717, 1.165) is 31.6 Å². The first-order valence-corrected chi connectivity index (χ1v) is 10.5. The van der Waals surface area contributed by atoms with Crippen LogP contribution in [0.1, 0.15) is 38.7 Å². The molecule has 0 aromatic carbocycles. The highest BCUT2D eigenvalue weighted by molar-refractivity contribution is 5.71. The summed E-state index contributed by atoms with van der Waals surface area (Å²) in [6.07, 6.45) is 10.4. The summed E-state index contributed by atoms with van der Waals surface area (Å²) in [5, 5.41) is 17.4. The van der Waals surface area contributed by atoms with Gasteiger partial charge in [-0.1, -0.05) is 0 Å². The van der Waals surface area contributed by atoms with Gasteiger partial charge in [0.25, 0.3) is 0 Å². The van der Waals surface area contributed by atoms with Crippen molar-refractivity contribution in [1.82, 2.24) is 24.6 Å². The zero-order valence-electron chi connectivity index (χ0n) is 18.1. The van der Waals surface area contributed by atoms with Crippen LogP contribution in [0.4, 0.5) is 17.7 Å². The second-order valence-corrected chi connectivity index (χ2v) is 7.54. The molecule has 3 aromatic rings. The van der Waals surface area contributed by atoms with Gasteiger partial charge in [0.1, 0.15) is 23.1 Å². The van der Waals surface area contributed by atoms with Crippen LogP contribution in [0.3, 0.4) is 0 Å². The minimum absolute atomic E-state index is 0.197. The summed E-state index contributed by atoms with van der Waals surface area (Å²) in [5.41, 5.74) is 7.62. The minimum atomic E-state index is 0.197. The molecule has 4 heterocycles. The molecule has 0 bridgehead atoms. The van der Waals surface area contributed by atoms with E-state index >= 15 is 0 Å². The van der Waals surface area contributed by atoms with Crippen LogP contribution in [-0.4, -0.2) is 37.7 Å². The third-order valence-electron chi connectivity index (χ3n) is 5.06. The fourth-order valence-corrected chi connectivity index (χ4v) is 3.46. The van der Waals surface area contributed by atoms with E-state index in [2.05, 4.69) is 36.3 Å². The van der Waals surface area contributed by atoms with Crippen molar-refractivity contribution < 1.29 is 4.74 Å². The van der Waals surface area contributed by atoms with Crippen LogP contribution in [-0.2, 0) is 0 Å². The van der Waals surface area contributed by atoms with Crippen molar-refractivity contribution in [3.05, 3.63) is 53.7 Å². The van der Waals surface area contributed by atoms with Gasteiger partial charge in [0.2, 0.25) is 11.9 Å². The smallest absolute Gasteiger partial charge is 0.230 e. The second kappa shape index (κ2) is 9.34. The van der Waals surface area contributed by atoms with Gasteiger partial charge in [-0.3, -0.25) is 4.98 Å². The number of nitrogens with two attached hydrogens (primary N) is 1. The van der Waals surface area contributed by atoms with Crippen LogP contribution in [0.15, 0.2) is 48.1 Å². The lowest BCUT2D eigenvalue weighted by Crippen LogP contribution is -2.31. The molecule has 0 radical (unpaired) electrons. The molecule has 4 rings (SSSR count). The highest BCUT2D eigenvalue weighted by Gasteiger charge is 2.21. The Morgan fingerprint density at radius 3 is 2.62 bits per heavy atom. The molecule has 10 heteroatoms. The number of nitrogen functional groups attached to an aromatic ring is 1. The van der Waals surface area contributed by atoms with Crippen molar-refractivity contribution in [3.63, 3.8) is 0 Å². The third-order valence-corrected chi connectivity index (χ3v) is 5.06. The van der Waals surface area contributed by atoms with Gasteiger partial charge in [0, 0.05) is 31.2 Å². The largest absolute Gasteiger partial charge is 0.462 e. The summed E-state index contributed by atoms with van der Waals surface area (Å²) in [6.45, 7) is 5.49. The average molecular weight is 432 g/mol. The molecule has 0 aliphatic carbocycles. The molecule has 0 atom stereocenters. The van der Waals surface area contributed by atoms with Crippen LogP contribution < -0.4 is 20.7 Å². The number of anilines is 3. The summed E-state index contributed by atoms with van der Waals surface area (Å²) in [7, 11) is 0. The first-order valence-electron chi connectivity index (χ1n) is 10.5. The molecule has 10 nitrogen and oxygen atoms in total. The second-order valence-electron chi connectivity index (χ2n) is 7.54. The average Bonchev–Trinajstić information content (AvgIpc) is 3.16. The van der Waals surface area contributed by atoms with E-state index in [4.69, 9.17) is 10.5 Å². The number of allylic oxidation sites excluding steroid dienone is 4. The van der Waals surface area contributed by atoms with Crippen molar-refractivity contribution in [2.45, 2.75) is 33.1 Å². The van der Waals surface area contributed by atoms with Gasteiger partial charge in [0.15, 0.2) is 11.5 Å². The highest BCUT2D eigenvalue weighted by atomic mass is 16.5. The van der Waals surface area contributed by atoms with Crippen LogP contribution in [0.25, 0.3) is 5.65 Å². The minimum Gasteiger partial charge on any atom is -0.462 e. The number of nitriles is 1. The maximum Gasteiger partial charge on any atom is 0.230 e. The number of piperidine rings is 1. The molecule has 1 fully saturated rings. The molecule has 164 valence electrons. The Hall–Kier alpha value is -4.13. The topological polar surface area (TPSA) is 130 Å². The molecule has 1 aliphatic rings. The number of aromatic nitrogens is 5. The van der Waals surface area contributed by atoms with Gasteiger partial charge in [0.05, 0.1) is 0 Å². The van der Waals surface area contributed by atoms with Crippen LogP contribution in [0.5, 0.6) is 5.75 Å². The molecule has 3 N–H and O–H groups in total. The highest BCUT2D eigenvalue weighted by Crippen LogP contribution is 2.24. The number of nitrogens with zero attached hydrogens (tertiary/aromatic N) is 7. The van der Waals surface area contributed by atoms with Crippen LogP contribution >= 0.6 is 0 Å². The van der Waals surface area contributed by atoms with E-state index in [9.17, 15) is 5.26 Å². The van der Waals surface area contributed by atoms with Gasteiger partial charge in [-0.05, 0) is 57.4 Å². The Balaban J connectivity index is 1.57. The van der Waals surface area contributed by atoms with Gasteiger partial charge in [-0.25, -0.2) is 0 Å².